The molecule has 1 heterocycles. The van der Waals surface area contributed by atoms with Crippen LogP contribution in [0.5, 0.6) is 0 Å². The van der Waals surface area contributed by atoms with E-state index in [4.69, 9.17) is 0 Å². The Hall–Kier alpha value is 0.0900. The summed E-state index contributed by atoms with van der Waals surface area (Å²) in [4.78, 5) is 0. The van der Waals surface area contributed by atoms with Gasteiger partial charge in [-0.05, 0) is 19.1 Å². The van der Waals surface area contributed by atoms with Crippen LogP contribution in [0.1, 0.15) is 13.3 Å². The van der Waals surface area contributed by atoms with Crippen LogP contribution >= 0.6 is 11.8 Å². The van der Waals surface area contributed by atoms with Crippen LogP contribution in [0.2, 0.25) is 0 Å². The number of thioether (sulfide) groups is 1. The predicted octanol–water partition coefficient (Wildman–Crippen LogP) is 2.07. The first-order valence-electron chi connectivity index (χ1n) is 2.60. The van der Waals surface area contributed by atoms with Crippen molar-refractivity contribution < 1.29 is 0 Å². The molecule has 1 aliphatic heterocycles. The Kier molecular flexibility index (Phi) is 1.43. The maximum atomic E-state index is 3.91. The molecule has 1 atom stereocenters. The SMILES string of the molecule is C=C1CCSC1C. The molecule has 0 aromatic rings. The number of hydrogen-bond donors (Lipinski definition) is 0. The van der Waals surface area contributed by atoms with Crippen molar-refractivity contribution in [1.29, 1.82) is 0 Å². The average molecular weight is 114 g/mol. The third-order valence-corrected chi connectivity index (χ3v) is 2.64. The minimum atomic E-state index is 0.736. The van der Waals surface area contributed by atoms with Crippen LogP contribution < -0.4 is 0 Å². The molecule has 1 aliphatic rings. The summed E-state index contributed by atoms with van der Waals surface area (Å²) in [6.07, 6.45) is 1.24. The van der Waals surface area contributed by atoms with Crippen molar-refractivity contribution in [2.45, 2.75) is 18.6 Å². The zero-order valence-electron chi connectivity index (χ0n) is 4.61. The average Bonchev–Trinajstić information content (AvgIpc) is 1.91. The van der Waals surface area contributed by atoms with Gasteiger partial charge in [0.25, 0.3) is 0 Å². The minimum absolute atomic E-state index is 0.736. The highest BCUT2D eigenvalue weighted by molar-refractivity contribution is 8.00. The van der Waals surface area contributed by atoms with E-state index in [9.17, 15) is 0 Å². The second kappa shape index (κ2) is 1.91. The van der Waals surface area contributed by atoms with Crippen LogP contribution in [0.3, 0.4) is 0 Å². The van der Waals surface area contributed by atoms with E-state index >= 15 is 0 Å². The van der Waals surface area contributed by atoms with Gasteiger partial charge < -0.3 is 0 Å². The molecule has 1 heteroatoms. The van der Waals surface area contributed by atoms with Crippen molar-refractivity contribution in [2.75, 3.05) is 5.75 Å². The fraction of sp³-hybridized carbons (Fsp3) is 0.667. The molecule has 40 valence electrons. The molecular formula is C6H10S. The molecule has 0 amide bonds. The van der Waals surface area contributed by atoms with Crippen molar-refractivity contribution in [3.05, 3.63) is 12.2 Å². The third kappa shape index (κ3) is 1.00. The van der Waals surface area contributed by atoms with Crippen LogP contribution in [0.15, 0.2) is 12.2 Å². The molecular weight excluding hydrogens is 104 g/mol. The van der Waals surface area contributed by atoms with E-state index in [0.29, 0.717) is 0 Å². The van der Waals surface area contributed by atoms with Gasteiger partial charge in [-0.2, -0.15) is 11.8 Å². The molecule has 0 N–H and O–H groups in total. The normalized spacial score (nSPS) is 31.6. The summed E-state index contributed by atoms with van der Waals surface area (Å²) in [5.74, 6) is 1.29. The smallest absolute Gasteiger partial charge is 0.0225 e. The topological polar surface area (TPSA) is 0 Å². The fourth-order valence-electron chi connectivity index (χ4n) is 0.688. The maximum absolute atomic E-state index is 3.91. The lowest BCUT2D eigenvalue weighted by molar-refractivity contribution is 1.07. The standard InChI is InChI=1S/C6H10S/c1-5-3-4-7-6(5)2/h6H,1,3-4H2,2H3. The summed E-state index contributed by atoms with van der Waals surface area (Å²) in [5.41, 5.74) is 1.42. The molecule has 0 aromatic heterocycles. The van der Waals surface area contributed by atoms with E-state index in [2.05, 4.69) is 13.5 Å². The van der Waals surface area contributed by atoms with E-state index in [1.807, 2.05) is 11.8 Å². The second-order valence-electron chi connectivity index (χ2n) is 1.92. The lowest BCUT2D eigenvalue weighted by Crippen LogP contribution is -1.87. The largest absolute Gasteiger partial charge is 0.154 e. The first-order valence-corrected chi connectivity index (χ1v) is 3.65. The van der Waals surface area contributed by atoms with Crippen LogP contribution in [0.25, 0.3) is 0 Å². The van der Waals surface area contributed by atoms with E-state index < -0.39 is 0 Å². The summed E-state index contributed by atoms with van der Waals surface area (Å²) in [7, 11) is 0. The quantitative estimate of drug-likeness (QED) is 0.434. The molecule has 1 saturated heterocycles. The Morgan fingerprint density at radius 2 is 2.57 bits per heavy atom. The van der Waals surface area contributed by atoms with Gasteiger partial charge in [0.05, 0.1) is 0 Å². The van der Waals surface area contributed by atoms with Crippen LogP contribution in [-0.2, 0) is 0 Å². The Morgan fingerprint density at radius 1 is 1.86 bits per heavy atom. The Bertz CT molecular complexity index is 86.2. The van der Waals surface area contributed by atoms with Gasteiger partial charge in [-0.15, -0.1) is 0 Å². The Labute approximate surface area is 49.0 Å². The summed E-state index contributed by atoms with van der Waals surface area (Å²) in [5, 5.41) is 0.736. The van der Waals surface area contributed by atoms with Gasteiger partial charge >= 0.3 is 0 Å². The molecule has 0 aliphatic carbocycles. The van der Waals surface area contributed by atoms with E-state index in [0.717, 1.165) is 5.25 Å². The first kappa shape index (κ1) is 5.23. The highest BCUT2D eigenvalue weighted by atomic mass is 32.2. The van der Waals surface area contributed by atoms with E-state index in [-0.39, 0.29) is 0 Å². The van der Waals surface area contributed by atoms with Gasteiger partial charge in [-0.3, -0.25) is 0 Å². The van der Waals surface area contributed by atoms with Crippen LogP contribution in [0, 0.1) is 0 Å². The second-order valence-corrected chi connectivity index (χ2v) is 3.37. The lowest BCUT2D eigenvalue weighted by Gasteiger charge is -1.96. The van der Waals surface area contributed by atoms with Gasteiger partial charge in [-0.1, -0.05) is 12.2 Å². The van der Waals surface area contributed by atoms with Crippen molar-refractivity contribution >= 4 is 11.8 Å². The number of rotatable bonds is 0. The van der Waals surface area contributed by atoms with Crippen molar-refractivity contribution in [3.8, 4) is 0 Å². The van der Waals surface area contributed by atoms with E-state index in [1.165, 1.54) is 17.7 Å². The van der Waals surface area contributed by atoms with Crippen LogP contribution in [0.4, 0.5) is 0 Å². The molecule has 0 spiro atoms. The van der Waals surface area contributed by atoms with Gasteiger partial charge in [0.2, 0.25) is 0 Å². The fourth-order valence-corrected chi connectivity index (χ4v) is 1.78. The number of hydrogen-bond acceptors (Lipinski definition) is 1. The van der Waals surface area contributed by atoms with E-state index in [1.54, 1.807) is 0 Å². The lowest BCUT2D eigenvalue weighted by atomic mass is 10.2. The van der Waals surface area contributed by atoms with Gasteiger partial charge in [-0.25, -0.2) is 0 Å². The first-order chi connectivity index (χ1) is 3.30. The molecule has 0 saturated carbocycles. The summed E-state index contributed by atoms with van der Waals surface area (Å²) in [6, 6.07) is 0. The van der Waals surface area contributed by atoms with Gasteiger partial charge in [0.15, 0.2) is 0 Å². The van der Waals surface area contributed by atoms with Gasteiger partial charge in [0, 0.05) is 5.25 Å². The molecule has 1 fully saturated rings. The summed E-state index contributed by atoms with van der Waals surface area (Å²) < 4.78 is 0. The minimum Gasteiger partial charge on any atom is -0.154 e. The maximum Gasteiger partial charge on any atom is 0.0225 e. The molecule has 0 aromatic carbocycles. The Balaban J connectivity index is 2.48. The Morgan fingerprint density at radius 3 is 2.71 bits per heavy atom. The monoisotopic (exact) mass is 114 g/mol. The molecule has 1 rings (SSSR count). The van der Waals surface area contributed by atoms with Crippen molar-refractivity contribution in [3.63, 3.8) is 0 Å². The van der Waals surface area contributed by atoms with Gasteiger partial charge in [0.1, 0.15) is 0 Å². The third-order valence-electron chi connectivity index (χ3n) is 1.37. The molecule has 0 radical (unpaired) electrons. The van der Waals surface area contributed by atoms with Crippen LogP contribution in [-0.4, -0.2) is 11.0 Å². The highest BCUT2D eigenvalue weighted by Gasteiger charge is 2.12. The summed E-state index contributed by atoms with van der Waals surface area (Å²) >= 11 is 2.01. The van der Waals surface area contributed by atoms with Crippen molar-refractivity contribution in [2.24, 2.45) is 0 Å². The molecule has 0 nitrogen and oxygen atoms in total. The zero-order chi connectivity index (χ0) is 5.28. The molecule has 0 bridgehead atoms. The highest BCUT2D eigenvalue weighted by Crippen LogP contribution is 2.29. The zero-order valence-corrected chi connectivity index (χ0v) is 5.42. The molecule has 1 unspecified atom stereocenters. The van der Waals surface area contributed by atoms with Crippen molar-refractivity contribution in [1.82, 2.24) is 0 Å². The predicted molar refractivity (Wildman–Crippen MR) is 35.7 cm³/mol. The summed E-state index contributed by atoms with van der Waals surface area (Å²) in [6.45, 7) is 6.14. The molecule has 7 heavy (non-hydrogen) atoms.